The van der Waals surface area contributed by atoms with E-state index in [1.165, 1.54) is 31.5 Å². The average molecular weight is 403 g/mol. The van der Waals surface area contributed by atoms with Gasteiger partial charge in [-0.25, -0.2) is 4.98 Å². The smallest absolute Gasteiger partial charge is 0.432 e. The molecule has 1 amide bonds. The number of alkyl halides is 3. The Kier molecular flexibility index (Phi) is 4.22. The number of hydrogen-bond donors (Lipinski definition) is 2. The van der Waals surface area contributed by atoms with Gasteiger partial charge in [0.05, 0.1) is 11.8 Å². The van der Waals surface area contributed by atoms with Gasteiger partial charge in [-0.1, -0.05) is 30.3 Å². The largest absolute Gasteiger partial charge is 0.435 e. The van der Waals surface area contributed by atoms with Gasteiger partial charge in [0.25, 0.3) is 11.5 Å². The SMILES string of the molecule is Cc1[nH]c2c(-c3ccccc3)c(C(F)(F)F)nn2c(=O)c1C(=O)Nc1ncco1. The molecule has 4 rings (SSSR count). The number of rotatable bonds is 3. The van der Waals surface area contributed by atoms with Crippen LogP contribution in [-0.2, 0) is 6.18 Å². The Balaban J connectivity index is 1.96. The second-order valence-electron chi connectivity index (χ2n) is 6.07. The van der Waals surface area contributed by atoms with E-state index < -0.39 is 28.9 Å². The summed E-state index contributed by atoms with van der Waals surface area (Å²) in [5.74, 6) is -0.890. The van der Waals surface area contributed by atoms with E-state index in [0.717, 1.165) is 0 Å². The second-order valence-corrected chi connectivity index (χ2v) is 6.07. The second kappa shape index (κ2) is 6.62. The highest BCUT2D eigenvalue weighted by molar-refractivity contribution is 6.03. The van der Waals surface area contributed by atoms with Gasteiger partial charge in [0.2, 0.25) is 0 Å². The third kappa shape index (κ3) is 3.16. The number of halogens is 3. The van der Waals surface area contributed by atoms with E-state index in [0.29, 0.717) is 4.52 Å². The summed E-state index contributed by atoms with van der Waals surface area (Å²) in [6.07, 6.45) is -2.32. The first-order valence-electron chi connectivity index (χ1n) is 8.26. The monoisotopic (exact) mass is 403 g/mol. The Labute approximate surface area is 160 Å². The van der Waals surface area contributed by atoms with Crippen molar-refractivity contribution in [2.75, 3.05) is 5.32 Å². The minimum Gasteiger partial charge on any atom is -0.432 e. The molecular weight excluding hydrogens is 391 g/mol. The third-order valence-corrected chi connectivity index (χ3v) is 4.18. The number of H-pyrrole nitrogens is 1. The summed E-state index contributed by atoms with van der Waals surface area (Å²) in [7, 11) is 0. The quantitative estimate of drug-likeness (QED) is 0.546. The maximum atomic E-state index is 13.6. The molecule has 0 aliphatic rings. The third-order valence-electron chi connectivity index (χ3n) is 4.18. The number of aromatic nitrogens is 4. The molecule has 0 radical (unpaired) electrons. The number of benzene rings is 1. The highest BCUT2D eigenvalue weighted by Crippen LogP contribution is 2.38. The zero-order valence-corrected chi connectivity index (χ0v) is 14.7. The number of anilines is 1. The highest BCUT2D eigenvalue weighted by atomic mass is 19.4. The summed E-state index contributed by atoms with van der Waals surface area (Å²) in [6, 6.07) is 7.59. The van der Waals surface area contributed by atoms with Crippen molar-refractivity contribution < 1.29 is 22.4 Å². The van der Waals surface area contributed by atoms with Crippen molar-refractivity contribution >= 4 is 17.6 Å². The van der Waals surface area contributed by atoms with Crippen LogP contribution in [0.5, 0.6) is 0 Å². The van der Waals surface area contributed by atoms with Crippen LogP contribution >= 0.6 is 0 Å². The van der Waals surface area contributed by atoms with Crippen molar-refractivity contribution in [3.05, 3.63) is 70.1 Å². The van der Waals surface area contributed by atoms with E-state index in [2.05, 4.69) is 20.4 Å². The number of hydrogen-bond acceptors (Lipinski definition) is 5. The summed E-state index contributed by atoms with van der Waals surface area (Å²) in [5, 5.41) is 5.74. The zero-order valence-electron chi connectivity index (χ0n) is 14.7. The first-order chi connectivity index (χ1) is 13.8. The molecule has 3 heterocycles. The Morgan fingerprint density at radius 3 is 2.59 bits per heavy atom. The first-order valence-corrected chi connectivity index (χ1v) is 8.26. The molecule has 0 aliphatic carbocycles. The number of nitrogens with one attached hydrogen (secondary N) is 2. The van der Waals surface area contributed by atoms with Crippen LogP contribution in [0.2, 0.25) is 0 Å². The van der Waals surface area contributed by atoms with Crippen LogP contribution in [0.25, 0.3) is 16.8 Å². The van der Waals surface area contributed by atoms with E-state index in [9.17, 15) is 22.8 Å². The fourth-order valence-electron chi connectivity index (χ4n) is 2.98. The number of amides is 1. The van der Waals surface area contributed by atoms with E-state index >= 15 is 0 Å². The lowest BCUT2D eigenvalue weighted by molar-refractivity contribution is -0.140. The van der Waals surface area contributed by atoms with Crippen LogP contribution in [-0.4, -0.2) is 25.5 Å². The van der Waals surface area contributed by atoms with Gasteiger partial charge in [-0.2, -0.15) is 22.8 Å². The first kappa shape index (κ1) is 18.5. The highest BCUT2D eigenvalue weighted by Gasteiger charge is 2.39. The molecule has 4 aromatic rings. The average Bonchev–Trinajstić information content (AvgIpc) is 3.29. The summed E-state index contributed by atoms with van der Waals surface area (Å²) in [5.41, 5.74) is -2.81. The molecule has 0 spiro atoms. The predicted molar refractivity (Wildman–Crippen MR) is 95.4 cm³/mol. The summed E-state index contributed by atoms with van der Waals surface area (Å²) >= 11 is 0. The normalized spacial score (nSPS) is 11.7. The van der Waals surface area contributed by atoms with E-state index in [4.69, 9.17) is 4.42 Å². The summed E-state index contributed by atoms with van der Waals surface area (Å²) < 4.78 is 46.3. The van der Waals surface area contributed by atoms with Crippen LogP contribution in [0.15, 0.2) is 52.0 Å². The Bertz CT molecular complexity index is 1260. The standard InChI is InChI=1S/C18H12F3N5O3/c1-9-11(15(27)24-17-22-7-8-29-17)16(28)26-14(23-9)12(10-5-3-2-4-6-10)13(25-26)18(19,20)21/h2-8,23H,1H3,(H,22,24,27). The molecule has 1 aromatic carbocycles. The molecule has 2 N–H and O–H groups in total. The lowest BCUT2D eigenvalue weighted by atomic mass is 10.1. The zero-order chi connectivity index (χ0) is 20.8. The van der Waals surface area contributed by atoms with E-state index in [1.54, 1.807) is 18.2 Å². The Hall–Kier alpha value is -3.89. The fourth-order valence-corrected chi connectivity index (χ4v) is 2.98. The van der Waals surface area contributed by atoms with Gasteiger partial charge in [-0.15, -0.1) is 0 Å². The van der Waals surface area contributed by atoms with E-state index in [1.807, 2.05) is 0 Å². The van der Waals surface area contributed by atoms with Gasteiger partial charge in [0.1, 0.15) is 17.5 Å². The van der Waals surface area contributed by atoms with Crippen LogP contribution < -0.4 is 10.9 Å². The summed E-state index contributed by atoms with van der Waals surface area (Å²) in [4.78, 5) is 31.7. The van der Waals surface area contributed by atoms with Gasteiger partial charge >= 0.3 is 12.2 Å². The van der Waals surface area contributed by atoms with Gasteiger partial charge in [0.15, 0.2) is 5.69 Å². The number of nitrogens with zero attached hydrogens (tertiary/aromatic N) is 3. The van der Waals surface area contributed by atoms with Gasteiger partial charge < -0.3 is 9.40 Å². The lowest BCUT2D eigenvalue weighted by Gasteiger charge is -2.08. The van der Waals surface area contributed by atoms with Crippen molar-refractivity contribution in [1.82, 2.24) is 19.6 Å². The van der Waals surface area contributed by atoms with Crippen molar-refractivity contribution in [2.45, 2.75) is 13.1 Å². The minimum absolute atomic E-state index is 0.0670. The number of aryl methyl sites for hydroxylation is 1. The number of aromatic amines is 1. The van der Waals surface area contributed by atoms with Gasteiger partial charge in [0, 0.05) is 5.69 Å². The van der Waals surface area contributed by atoms with Gasteiger partial charge in [-0.05, 0) is 12.5 Å². The topological polar surface area (TPSA) is 105 Å². The Morgan fingerprint density at radius 1 is 1.24 bits per heavy atom. The maximum absolute atomic E-state index is 13.6. The Morgan fingerprint density at radius 2 is 1.97 bits per heavy atom. The van der Waals surface area contributed by atoms with Crippen molar-refractivity contribution in [3.63, 3.8) is 0 Å². The maximum Gasteiger partial charge on any atom is 0.435 e. The molecule has 0 saturated heterocycles. The number of carbonyl (C=O) groups is 1. The molecule has 0 fully saturated rings. The number of oxazole rings is 1. The fraction of sp³-hybridized carbons (Fsp3) is 0.111. The predicted octanol–water partition coefficient (Wildman–Crippen LogP) is 3.26. The molecule has 0 atom stereocenters. The van der Waals surface area contributed by atoms with Crippen molar-refractivity contribution in [1.29, 1.82) is 0 Å². The number of fused-ring (bicyclic) bond motifs is 1. The molecule has 148 valence electrons. The van der Waals surface area contributed by atoms with Crippen LogP contribution in [0.3, 0.4) is 0 Å². The van der Waals surface area contributed by atoms with E-state index in [-0.39, 0.29) is 28.5 Å². The van der Waals surface area contributed by atoms with Crippen LogP contribution in [0.1, 0.15) is 21.7 Å². The molecule has 0 saturated carbocycles. The molecule has 0 aliphatic heterocycles. The van der Waals surface area contributed by atoms with Gasteiger partial charge in [-0.3, -0.25) is 14.9 Å². The molecule has 8 nitrogen and oxygen atoms in total. The molecule has 0 bridgehead atoms. The number of carbonyl (C=O) groups excluding carboxylic acids is 1. The summed E-state index contributed by atoms with van der Waals surface area (Å²) in [6.45, 7) is 1.40. The molecular formula is C18H12F3N5O3. The molecule has 29 heavy (non-hydrogen) atoms. The molecule has 0 unspecified atom stereocenters. The lowest BCUT2D eigenvalue weighted by Crippen LogP contribution is -2.29. The van der Waals surface area contributed by atoms with Crippen molar-refractivity contribution in [2.24, 2.45) is 0 Å². The van der Waals surface area contributed by atoms with Crippen LogP contribution in [0, 0.1) is 6.92 Å². The van der Waals surface area contributed by atoms with Crippen molar-refractivity contribution in [3.8, 4) is 11.1 Å². The minimum atomic E-state index is -4.81. The molecule has 3 aromatic heterocycles. The molecule has 11 heteroatoms. The van der Waals surface area contributed by atoms with Crippen LogP contribution in [0.4, 0.5) is 19.2 Å².